The third-order valence-corrected chi connectivity index (χ3v) is 5.70. The van der Waals surface area contributed by atoms with Crippen LogP contribution in [-0.2, 0) is 0 Å². The zero-order valence-electron chi connectivity index (χ0n) is 17.1. The van der Waals surface area contributed by atoms with E-state index in [-0.39, 0.29) is 17.2 Å². The molecule has 3 heterocycles. The first kappa shape index (κ1) is 18.4. The van der Waals surface area contributed by atoms with Gasteiger partial charge in [0.15, 0.2) is 11.6 Å². The molecule has 1 aliphatic rings. The van der Waals surface area contributed by atoms with Gasteiger partial charge in [-0.1, -0.05) is 55.5 Å². The maximum Gasteiger partial charge on any atom is 0.167 e. The quantitative estimate of drug-likeness (QED) is 0.520. The summed E-state index contributed by atoms with van der Waals surface area (Å²) in [5.41, 5.74) is 3.63. The van der Waals surface area contributed by atoms with Gasteiger partial charge in [0.2, 0.25) is 0 Å². The Morgan fingerprint density at radius 1 is 1.07 bits per heavy atom. The molecule has 0 N–H and O–H groups in total. The van der Waals surface area contributed by atoms with Crippen LogP contribution >= 0.6 is 0 Å². The van der Waals surface area contributed by atoms with Gasteiger partial charge in [0, 0.05) is 23.6 Å². The largest absolute Gasteiger partial charge is 0.294 e. The summed E-state index contributed by atoms with van der Waals surface area (Å²) in [5.74, 6) is 0.787. The SMILES string of the molecule is Cc1nn(-c2ccccn2)c2c1C(=O)CC(C)(C)C2n1cc(-c2ccccc2)nn1. The summed E-state index contributed by atoms with van der Waals surface area (Å²) < 4.78 is 3.66. The van der Waals surface area contributed by atoms with E-state index in [1.54, 1.807) is 10.9 Å². The number of fused-ring (bicyclic) bond motifs is 1. The number of pyridine rings is 1. The molecular weight excluding hydrogens is 376 g/mol. The van der Waals surface area contributed by atoms with Crippen molar-refractivity contribution in [3.8, 4) is 17.1 Å². The molecule has 0 aliphatic heterocycles. The van der Waals surface area contributed by atoms with E-state index in [0.29, 0.717) is 23.5 Å². The van der Waals surface area contributed by atoms with Gasteiger partial charge in [-0.25, -0.2) is 14.3 Å². The number of carbonyl (C=O) groups is 1. The predicted octanol–water partition coefficient (Wildman–Crippen LogP) is 4.04. The van der Waals surface area contributed by atoms with E-state index in [1.165, 1.54) is 0 Å². The van der Waals surface area contributed by atoms with Gasteiger partial charge in [0.25, 0.3) is 0 Å². The average Bonchev–Trinajstić information content (AvgIpc) is 3.34. The molecule has 0 saturated heterocycles. The number of rotatable bonds is 3. The Morgan fingerprint density at radius 3 is 2.57 bits per heavy atom. The lowest BCUT2D eigenvalue weighted by Gasteiger charge is -2.37. The summed E-state index contributed by atoms with van der Waals surface area (Å²) in [4.78, 5) is 17.5. The first-order valence-corrected chi connectivity index (χ1v) is 9.97. The molecule has 7 nitrogen and oxygen atoms in total. The van der Waals surface area contributed by atoms with Crippen molar-refractivity contribution < 1.29 is 4.79 Å². The molecule has 0 amide bonds. The molecule has 1 atom stereocenters. The Morgan fingerprint density at radius 2 is 1.83 bits per heavy atom. The van der Waals surface area contributed by atoms with Crippen LogP contribution in [-0.4, -0.2) is 35.5 Å². The molecule has 1 unspecified atom stereocenters. The molecule has 7 heteroatoms. The second-order valence-electron chi connectivity index (χ2n) is 8.39. The molecule has 0 radical (unpaired) electrons. The van der Waals surface area contributed by atoms with Crippen molar-refractivity contribution in [2.45, 2.75) is 33.2 Å². The molecule has 4 aromatic rings. The van der Waals surface area contributed by atoms with Crippen molar-refractivity contribution in [1.82, 2.24) is 29.8 Å². The minimum absolute atomic E-state index is 0.106. The van der Waals surface area contributed by atoms with Gasteiger partial charge in [-0.2, -0.15) is 5.10 Å². The molecule has 0 bridgehead atoms. The number of hydrogen-bond acceptors (Lipinski definition) is 5. The van der Waals surface area contributed by atoms with Gasteiger partial charge in [-0.3, -0.25) is 4.79 Å². The summed E-state index contributed by atoms with van der Waals surface area (Å²) in [7, 11) is 0. The summed E-state index contributed by atoms with van der Waals surface area (Å²) in [6.07, 6.45) is 4.10. The molecule has 3 aromatic heterocycles. The number of carbonyl (C=O) groups excluding carboxylic acids is 1. The summed E-state index contributed by atoms with van der Waals surface area (Å²) in [5, 5.41) is 13.6. The Labute approximate surface area is 174 Å². The molecule has 1 aromatic carbocycles. The van der Waals surface area contributed by atoms with Crippen molar-refractivity contribution in [3.63, 3.8) is 0 Å². The summed E-state index contributed by atoms with van der Waals surface area (Å²) >= 11 is 0. The van der Waals surface area contributed by atoms with Crippen molar-refractivity contribution in [2.75, 3.05) is 0 Å². The van der Waals surface area contributed by atoms with Gasteiger partial charge < -0.3 is 0 Å². The number of aromatic nitrogens is 6. The number of hydrogen-bond donors (Lipinski definition) is 0. The van der Waals surface area contributed by atoms with Gasteiger partial charge in [-0.05, 0) is 19.1 Å². The van der Waals surface area contributed by atoms with Crippen LogP contribution in [0.15, 0.2) is 60.9 Å². The van der Waals surface area contributed by atoms with Crippen LogP contribution in [0.4, 0.5) is 0 Å². The molecule has 0 spiro atoms. The third-order valence-electron chi connectivity index (χ3n) is 5.70. The van der Waals surface area contributed by atoms with E-state index in [2.05, 4.69) is 29.1 Å². The smallest absolute Gasteiger partial charge is 0.167 e. The molecule has 30 heavy (non-hydrogen) atoms. The van der Waals surface area contributed by atoms with E-state index in [1.807, 2.05) is 66.3 Å². The highest BCUT2D eigenvalue weighted by atomic mass is 16.1. The first-order valence-electron chi connectivity index (χ1n) is 9.97. The fourth-order valence-corrected chi connectivity index (χ4v) is 4.39. The second-order valence-corrected chi connectivity index (χ2v) is 8.39. The van der Waals surface area contributed by atoms with Crippen LogP contribution in [0.1, 0.15) is 48.1 Å². The highest BCUT2D eigenvalue weighted by Crippen LogP contribution is 2.47. The van der Waals surface area contributed by atoms with Crippen LogP contribution in [0.2, 0.25) is 0 Å². The molecule has 5 rings (SSSR count). The van der Waals surface area contributed by atoms with Gasteiger partial charge in [0.05, 0.1) is 23.1 Å². The van der Waals surface area contributed by atoms with Crippen LogP contribution in [0.5, 0.6) is 0 Å². The lowest BCUT2D eigenvalue weighted by Crippen LogP contribution is -2.37. The number of aryl methyl sites for hydroxylation is 1. The minimum atomic E-state index is -0.370. The maximum atomic E-state index is 13.1. The standard InChI is InChI=1S/C23H22N6O/c1-15-20-18(30)13-23(2,3)22(21(20)29(26-15)19-11-7-8-12-24-19)28-14-17(25-27-28)16-9-5-4-6-10-16/h4-12,14,22H,13H2,1-3H3. The van der Waals surface area contributed by atoms with Crippen molar-refractivity contribution in [1.29, 1.82) is 0 Å². The fraction of sp³-hybridized carbons (Fsp3) is 0.261. The zero-order valence-corrected chi connectivity index (χ0v) is 17.1. The number of nitrogens with zero attached hydrogens (tertiary/aromatic N) is 6. The highest BCUT2D eigenvalue weighted by Gasteiger charge is 2.46. The van der Waals surface area contributed by atoms with Crippen LogP contribution in [0.3, 0.4) is 0 Å². The summed E-state index contributed by atoms with van der Waals surface area (Å²) in [6, 6.07) is 15.4. The topological polar surface area (TPSA) is 78.5 Å². The third kappa shape index (κ3) is 2.85. The van der Waals surface area contributed by atoms with Crippen LogP contribution in [0.25, 0.3) is 17.1 Å². The fourth-order valence-electron chi connectivity index (χ4n) is 4.39. The monoisotopic (exact) mass is 398 g/mol. The maximum absolute atomic E-state index is 13.1. The Bertz CT molecular complexity index is 1220. The van der Waals surface area contributed by atoms with E-state index in [4.69, 9.17) is 5.10 Å². The molecule has 0 saturated carbocycles. The summed E-state index contributed by atoms with van der Waals surface area (Å²) in [6.45, 7) is 6.06. The van der Waals surface area contributed by atoms with Crippen molar-refractivity contribution in [2.24, 2.45) is 5.41 Å². The first-order chi connectivity index (χ1) is 14.5. The number of Topliss-reactive ketones (excluding diaryl/α,β-unsaturated/α-hetero) is 1. The Balaban J connectivity index is 1.71. The van der Waals surface area contributed by atoms with Crippen LogP contribution in [0, 0.1) is 12.3 Å². The molecule has 150 valence electrons. The minimum Gasteiger partial charge on any atom is -0.294 e. The Hall–Kier alpha value is -3.61. The van der Waals surface area contributed by atoms with E-state index in [9.17, 15) is 4.79 Å². The molecular formula is C23H22N6O. The van der Waals surface area contributed by atoms with Crippen molar-refractivity contribution >= 4 is 5.78 Å². The lowest BCUT2D eigenvalue weighted by molar-refractivity contribution is 0.0854. The zero-order chi connectivity index (χ0) is 20.9. The lowest BCUT2D eigenvalue weighted by atomic mass is 9.71. The molecule has 0 fully saturated rings. The van der Waals surface area contributed by atoms with Gasteiger partial charge >= 0.3 is 0 Å². The second kappa shape index (κ2) is 6.73. The highest BCUT2D eigenvalue weighted by molar-refractivity contribution is 6.00. The van der Waals surface area contributed by atoms with Crippen LogP contribution < -0.4 is 0 Å². The molecule has 1 aliphatic carbocycles. The average molecular weight is 398 g/mol. The van der Waals surface area contributed by atoms with E-state index >= 15 is 0 Å². The number of ketones is 1. The normalized spacial score (nSPS) is 17.7. The predicted molar refractivity (Wildman–Crippen MR) is 112 cm³/mol. The van der Waals surface area contributed by atoms with Gasteiger partial charge in [-0.15, -0.1) is 5.10 Å². The number of benzene rings is 1. The van der Waals surface area contributed by atoms with E-state index < -0.39 is 0 Å². The van der Waals surface area contributed by atoms with E-state index in [0.717, 1.165) is 17.0 Å². The van der Waals surface area contributed by atoms with Crippen molar-refractivity contribution in [3.05, 3.63) is 77.9 Å². The van der Waals surface area contributed by atoms with Gasteiger partial charge in [0.1, 0.15) is 11.7 Å². The Kier molecular flexibility index (Phi) is 4.13.